The van der Waals surface area contributed by atoms with E-state index in [1.165, 1.54) is 32.1 Å². The number of carbonyl (C=O) groups excluding carboxylic acids is 1. The summed E-state index contributed by atoms with van der Waals surface area (Å²) >= 11 is 0. The van der Waals surface area contributed by atoms with E-state index >= 15 is 0 Å². The van der Waals surface area contributed by atoms with Gasteiger partial charge in [-0.2, -0.15) is 0 Å². The summed E-state index contributed by atoms with van der Waals surface area (Å²) < 4.78 is 5.68. The number of piperazine rings is 1. The van der Waals surface area contributed by atoms with Crippen molar-refractivity contribution in [3.8, 4) is 0 Å². The lowest BCUT2D eigenvalue weighted by Gasteiger charge is -2.64. The molecule has 1 atom stereocenters. The predicted molar refractivity (Wildman–Crippen MR) is 84.7 cm³/mol. The van der Waals surface area contributed by atoms with Crippen LogP contribution in [0.2, 0.25) is 0 Å². The monoisotopic (exact) mass is 307 g/mol. The Morgan fingerprint density at radius 1 is 1.09 bits per heavy atom. The SMILES string of the molecule is CC(=O)N1CC2COCCN2C2(C1)CN(C1CCCCC1)C2. The second kappa shape index (κ2) is 5.77. The molecule has 1 spiro atoms. The van der Waals surface area contributed by atoms with Gasteiger partial charge in [-0.25, -0.2) is 0 Å². The van der Waals surface area contributed by atoms with Crippen molar-refractivity contribution in [1.29, 1.82) is 0 Å². The maximum Gasteiger partial charge on any atom is 0.219 e. The molecule has 1 aliphatic carbocycles. The van der Waals surface area contributed by atoms with Crippen LogP contribution in [0.4, 0.5) is 0 Å². The van der Waals surface area contributed by atoms with Crippen LogP contribution in [0.5, 0.6) is 0 Å². The smallest absolute Gasteiger partial charge is 0.219 e. The molecule has 0 aromatic carbocycles. The number of morpholine rings is 1. The summed E-state index contributed by atoms with van der Waals surface area (Å²) in [6, 6.07) is 1.20. The van der Waals surface area contributed by atoms with Crippen LogP contribution in [0.3, 0.4) is 0 Å². The summed E-state index contributed by atoms with van der Waals surface area (Å²) in [7, 11) is 0. The molecule has 5 nitrogen and oxygen atoms in total. The fourth-order valence-electron chi connectivity index (χ4n) is 5.13. The van der Waals surface area contributed by atoms with Crippen LogP contribution in [0.1, 0.15) is 39.0 Å². The number of likely N-dealkylation sites (tertiary alicyclic amines) is 1. The van der Waals surface area contributed by atoms with Crippen molar-refractivity contribution in [2.45, 2.75) is 56.7 Å². The Morgan fingerprint density at radius 2 is 1.86 bits per heavy atom. The summed E-state index contributed by atoms with van der Waals surface area (Å²) in [5, 5.41) is 0. The van der Waals surface area contributed by atoms with E-state index in [1.54, 1.807) is 6.92 Å². The quantitative estimate of drug-likeness (QED) is 0.722. The summed E-state index contributed by atoms with van der Waals surface area (Å²) in [4.78, 5) is 19.4. The average Bonchev–Trinajstić information content (AvgIpc) is 2.52. The minimum atomic E-state index is 0.204. The number of ether oxygens (including phenoxy) is 1. The number of carbonyl (C=O) groups is 1. The van der Waals surface area contributed by atoms with Gasteiger partial charge in [-0.3, -0.25) is 14.6 Å². The van der Waals surface area contributed by atoms with E-state index in [2.05, 4.69) is 14.7 Å². The molecule has 4 fully saturated rings. The Hall–Kier alpha value is -0.650. The molecule has 0 radical (unpaired) electrons. The Kier molecular flexibility index (Phi) is 3.91. The Labute approximate surface area is 133 Å². The number of hydrogen-bond donors (Lipinski definition) is 0. The number of amides is 1. The lowest BCUT2D eigenvalue weighted by molar-refractivity contribution is -0.180. The fraction of sp³-hybridized carbons (Fsp3) is 0.941. The molecule has 4 rings (SSSR count). The molecule has 4 aliphatic rings. The maximum atomic E-state index is 11.9. The topological polar surface area (TPSA) is 36.0 Å². The minimum Gasteiger partial charge on any atom is -0.378 e. The third-order valence-corrected chi connectivity index (χ3v) is 6.28. The Balaban J connectivity index is 1.47. The van der Waals surface area contributed by atoms with Gasteiger partial charge in [0.15, 0.2) is 0 Å². The zero-order valence-electron chi connectivity index (χ0n) is 13.8. The van der Waals surface area contributed by atoms with Gasteiger partial charge in [-0.05, 0) is 12.8 Å². The molecule has 0 aromatic rings. The highest BCUT2D eigenvalue weighted by Crippen LogP contribution is 2.39. The van der Waals surface area contributed by atoms with Crippen molar-refractivity contribution < 1.29 is 9.53 Å². The molecule has 0 N–H and O–H groups in total. The molecule has 0 aromatic heterocycles. The van der Waals surface area contributed by atoms with E-state index in [1.807, 2.05) is 0 Å². The van der Waals surface area contributed by atoms with Gasteiger partial charge >= 0.3 is 0 Å². The molecule has 1 saturated carbocycles. The first kappa shape index (κ1) is 14.9. The van der Waals surface area contributed by atoms with Crippen molar-refractivity contribution in [1.82, 2.24) is 14.7 Å². The molecular weight excluding hydrogens is 278 g/mol. The highest BCUT2D eigenvalue weighted by atomic mass is 16.5. The highest BCUT2D eigenvalue weighted by Gasteiger charge is 2.55. The predicted octanol–water partition coefficient (Wildman–Crippen LogP) is 0.936. The molecule has 5 heteroatoms. The molecule has 0 bridgehead atoms. The van der Waals surface area contributed by atoms with Gasteiger partial charge in [-0.15, -0.1) is 0 Å². The van der Waals surface area contributed by atoms with Gasteiger partial charge in [0.1, 0.15) is 0 Å². The van der Waals surface area contributed by atoms with Crippen LogP contribution in [0.15, 0.2) is 0 Å². The van der Waals surface area contributed by atoms with Crippen LogP contribution in [0.25, 0.3) is 0 Å². The van der Waals surface area contributed by atoms with E-state index in [-0.39, 0.29) is 11.4 Å². The van der Waals surface area contributed by atoms with E-state index in [0.29, 0.717) is 6.04 Å². The first-order valence-corrected chi connectivity index (χ1v) is 9.02. The molecule has 3 saturated heterocycles. The third-order valence-electron chi connectivity index (χ3n) is 6.28. The summed E-state index contributed by atoms with van der Waals surface area (Å²) in [6.45, 7) is 8.45. The van der Waals surface area contributed by atoms with Gasteiger partial charge in [0.2, 0.25) is 5.91 Å². The minimum absolute atomic E-state index is 0.204. The average molecular weight is 307 g/mol. The lowest BCUT2D eigenvalue weighted by atomic mass is 9.79. The van der Waals surface area contributed by atoms with E-state index in [9.17, 15) is 4.79 Å². The number of fused-ring (bicyclic) bond motifs is 2. The van der Waals surface area contributed by atoms with E-state index < -0.39 is 0 Å². The van der Waals surface area contributed by atoms with Crippen molar-refractivity contribution >= 4 is 5.91 Å². The summed E-state index contributed by atoms with van der Waals surface area (Å²) in [5.74, 6) is 0.223. The van der Waals surface area contributed by atoms with Crippen LogP contribution in [-0.2, 0) is 9.53 Å². The van der Waals surface area contributed by atoms with Crippen molar-refractivity contribution in [2.24, 2.45) is 0 Å². The van der Waals surface area contributed by atoms with Gasteiger partial charge in [0.05, 0.1) is 24.8 Å². The molecule has 1 amide bonds. The van der Waals surface area contributed by atoms with Gasteiger partial charge in [0, 0.05) is 45.7 Å². The lowest BCUT2D eigenvalue weighted by Crippen LogP contribution is -2.81. The first-order valence-electron chi connectivity index (χ1n) is 9.02. The summed E-state index contributed by atoms with van der Waals surface area (Å²) in [5.41, 5.74) is 0.204. The Bertz CT molecular complexity index is 430. The van der Waals surface area contributed by atoms with Crippen LogP contribution < -0.4 is 0 Å². The van der Waals surface area contributed by atoms with Crippen LogP contribution >= 0.6 is 0 Å². The largest absolute Gasteiger partial charge is 0.378 e. The molecule has 3 aliphatic heterocycles. The van der Waals surface area contributed by atoms with Crippen LogP contribution in [-0.4, -0.2) is 84.2 Å². The van der Waals surface area contributed by atoms with Crippen LogP contribution in [0, 0.1) is 0 Å². The number of rotatable bonds is 1. The maximum absolute atomic E-state index is 11.9. The molecule has 3 heterocycles. The Morgan fingerprint density at radius 3 is 2.59 bits per heavy atom. The highest BCUT2D eigenvalue weighted by molar-refractivity contribution is 5.73. The molecule has 124 valence electrons. The molecule has 22 heavy (non-hydrogen) atoms. The van der Waals surface area contributed by atoms with Gasteiger partial charge < -0.3 is 9.64 Å². The van der Waals surface area contributed by atoms with Crippen molar-refractivity contribution in [3.05, 3.63) is 0 Å². The molecular formula is C17H29N3O2. The normalized spacial score (nSPS) is 33.5. The fourth-order valence-corrected chi connectivity index (χ4v) is 5.13. The standard InChI is InChI=1S/C17H29N3O2/c1-14(21)18-9-16-10-22-8-7-20(16)17(11-18)12-19(13-17)15-5-3-2-4-6-15/h15-16H,2-13H2,1H3. The third kappa shape index (κ3) is 2.47. The van der Waals surface area contributed by atoms with Crippen molar-refractivity contribution in [2.75, 3.05) is 45.9 Å². The van der Waals surface area contributed by atoms with Gasteiger partial charge in [0.25, 0.3) is 0 Å². The van der Waals surface area contributed by atoms with Gasteiger partial charge in [-0.1, -0.05) is 19.3 Å². The molecule has 1 unspecified atom stereocenters. The number of hydrogen-bond acceptors (Lipinski definition) is 4. The zero-order valence-corrected chi connectivity index (χ0v) is 13.8. The second-order valence-electron chi connectivity index (χ2n) is 7.74. The number of nitrogens with zero attached hydrogens (tertiary/aromatic N) is 3. The first-order chi connectivity index (χ1) is 10.7. The second-order valence-corrected chi connectivity index (χ2v) is 7.74. The van der Waals surface area contributed by atoms with Crippen molar-refractivity contribution in [3.63, 3.8) is 0 Å². The summed E-state index contributed by atoms with van der Waals surface area (Å²) in [6.07, 6.45) is 6.96. The van der Waals surface area contributed by atoms with E-state index in [4.69, 9.17) is 4.74 Å². The zero-order chi connectivity index (χ0) is 15.2. The van der Waals surface area contributed by atoms with E-state index in [0.717, 1.165) is 52.0 Å².